The molecule has 1 N–H and O–H groups in total. The summed E-state index contributed by atoms with van der Waals surface area (Å²) in [7, 11) is 0. The van der Waals surface area contributed by atoms with E-state index in [0.29, 0.717) is 5.56 Å². The van der Waals surface area contributed by atoms with Gasteiger partial charge in [0.05, 0.1) is 0 Å². The fourth-order valence-corrected chi connectivity index (χ4v) is 1.57. The van der Waals surface area contributed by atoms with Gasteiger partial charge in [0.25, 0.3) is 0 Å². The van der Waals surface area contributed by atoms with Crippen LogP contribution in [0.5, 0.6) is 5.75 Å². The lowest BCUT2D eigenvalue weighted by Crippen LogP contribution is -2.25. The van der Waals surface area contributed by atoms with Crippen LogP contribution in [0.4, 0.5) is 0 Å². The van der Waals surface area contributed by atoms with Crippen LogP contribution in [0.15, 0.2) is 24.3 Å². The second kappa shape index (κ2) is 5.22. The molecule has 0 heterocycles. The summed E-state index contributed by atoms with van der Waals surface area (Å²) in [5, 5.41) is 8.67. The van der Waals surface area contributed by atoms with Crippen LogP contribution in [-0.4, -0.2) is 22.8 Å². The van der Waals surface area contributed by atoms with Crippen LogP contribution in [0.2, 0.25) is 0 Å². The Bertz CT molecular complexity index is 513. The molecule has 1 aromatic carbocycles. The molecule has 2 rings (SSSR count). The van der Waals surface area contributed by atoms with Crippen LogP contribution in [0.3, 0.4) is 0 Å². The molecule has 19 heavy (non-hydrogen) atoms. The largest absolute Gasteiger partial charge is 0.481 e. The normalized spacial score (nSPS) is 15.6. The van der Waals surface area contributed by atoms with Crippen molar-refractivity contribution in [3.8, 4) is 5.75 Å². The zero-order valence-electron chi connectivity index (χ0n) is 10.5. The number of hydrogen-bond acceptors (Lipinski definition) is 4. The summed E-state index contributed by atoms with van der Waals surface area (Å²) < 4.78 is 4.92. The third-order valence-electron chi connectivity index (χ3n) is 3.03. The van der Waals surface area contributed by atoms with Crippen molar-refractivity contribution in [2.24, 2.45) is 11.8 Å². The van der Waals surface area contributed by atoms with Crippen molar-refractivity contribution in [3.05, 3.63) is 29.8 Å². The van der Waals surface area contributed by atoms with E-state index in [1.54, 1.807) is 12.1 Å². The van der Waals surface area contributed by atoms with Gasteiger partial charge in [-0.05, 0) is 44.0 Å². The topological polar surface area (TPSA) is 80.7 Å². The first-order valence-electron chi connectivity index (χ1n) is 6.08. The smallest absolute Gasteiger partial charge is 0.325 e. The first-order chi connectivity index (χ1) is 8.99. The van der Waals surface area contributed by atoms with Gasteiger partial charge >= 0.3 is 11.9 Å². The number of aliphatic carboxylic acids is 1. The molecule has 1 aromatic rings. The molecule has 1 aliphatic rings. The maximum atomic E-state index is 11.8. The van der Waals surface area contributed by atoms with Crippen LogP contribution < -0.4 is 4.74 Å². The predicted molar refractivity (Wildman–Crippen MR) is 65.9 cm³/mol. The molecule has 1 atom stereocenters. The molecule has 1 aliphatic carbocycles. The maximum Gasteiger partial charge on any atom is 0.325 e. The van der Waals surface area contributed by atoms with Gasteiger partial charge in [-0.3, -0.25) is 14.4 Å². The van der Waals surface area contributed by atoms with Crippen LogP contribution in [0.25, 0.3) is 0 Å². The van der Waals surface area contributed by atoms with Crippen molar-refractivity contribution < 1.29 is 24.2 Å². The second-order valence-electron chi connectivity index (χ2n) is 4.64. The van der Waals surface area contributed by atoms with E-state index in [9.17, 15) is 14.4 Å². The number of carboxylic acids is 1. The van der Waals surface area contributed by atoms with Gasteiger partial charge in [-0.15, -0.1) is 0 Å². The summed E-state index contributed by atoms with van der Waals surface area (Å²) in [4.78, 5) is 33.8. The highest BCUT2D eigenvalue weighted by molar-refractivity contribution is 5.99. The zero-order valence-corrected chi connectivity index (χ0v) is 10.5. The van der Waals surface area contributed by atoms with Crippen LogP contribution in [0, 0.1) is 11.8 Å². The maximum absolute atomic E-state index is 11.8. The van der Waals surface area contributed by atoms with Gasteiger partial charge in [0.15, 0.2) is 11.7 Å². The lowest BCUT2D eigenvalue weighted by molar-refractivity contribution is -0.151. The molecule has 0 amide bonds. The number of esters is 1. The minimum Gasteiger partial charge on any atom is -0.481 e. The molecule has 0 aliphatic heterocycles. The van der Waals surface area contributed by atoms with Gasteiger partial charge < -0.3 is 9.84 Å². The molecule has 5 nitrogen and oxygen atoms in total. The Hall–Kier alpha value is -2.17. The van der Waals surface area contributed by atoms with E-state index in [0.717, 1.165) is 12.8 Å². The van der Waals surface area contributed by atoms with E-state index in [-0.39, 0.29) is 17.5 Å². The van der Waals surface area contributed by atoms with Crippen molar-refractivity contribution in [3.63, 3.8) is 0 Å². The van der Waals surface area contributed by atoms with Crippen molar-refractivity contribution in [1.82, 2.24) is 0 Å². The van der Waals surface area contributed by atoms with Crippen LogP contribution >= 0.6 is 0 Å². The number of ketones is 1. The average Bonchev–Trinajstić information content (AvgIpc) is 3.22. The molecular formula is C14H14O5. The number of Topliss-reactive ketones (excluding diaryl/α,β-unsaturated/α-hetero) is 1. The van der Waals surface area contributed by atoms with Gasteiger partial charge in [-0.1, -0.05) is 0 Å². The number of ether oxygens (including phenoxy) is 1. The summed E-state index contributed by atoms with van der Waals surface area (Å²) in [6.07, 6.45) is 1.87. The summed E-state index contributed by atoms with van der Waals surface area (Å²) in [5.41, 5.74) is 0.591. The van der Waals surface area contributed by atoms with Gasteiger partial charge in [0.1, 0.15) is 5.75 Å². The highest BCUT2D eigenvalue weighted by atomic mass is 16.5. The fraction of sp³-hybridized carbons (Fsp3) is 0.357. The molecule has 1 saturated carbocycles. The monoisotopic (exact) mass is 262 g/mol. The lowest BCUT2D eigenvalue weighted by atomic mass is 10.1. The average molecular weight is 262 g/mol. The Kier molecular flexibility index (Phi) is 3.64. The molecule has 0 spiro atoms. The molecule has 0 saturated heterocycles. The zero-order chi connectivity index (χ0) is 14.0. The van der Waals surface area contributed by atoms with E-state index in [2.05, 4.69) is 0 Å². The standard InChI is InChI=1S/C14H14O5/c1-8(13(16)17)14(18)19-11-6-4-10(5-7-11)12(15)9-2-3-9/h4-9H,2-3H2,1H3,(H,16,17). The summed E-state index contributed by atoms with van der Waals surface area (Å²) in [5.74, 6) is -2.78. The molecule has 0 bridgehead atoms. The number of carbonyl (C=O) groups is 3. The number of hydrogen-bond donors (Lipinski definition) is 1. The summed E-state index contributed by atoms with van der Waals surface area (Å²) in [6.45, 7) is 1.26. The van der Waals surface area contributed by atoms with Crippen molar-refractivity contribution in [2.75, 3.05) is 0 Å². The molecule has 0 radical (unpaired) electrons. The molecule has 0 aromatic heterocycles. The van der Waals surface area contributed by atoms with Crippen molar-refractivity contribution in [1.29, 1.82) is 0 Å². The molecule has 1 fully saturated rings. The Morgan fingerprint density at radius 2 is 1.79 bits per heavy atom. The first-order valence-corrected chi connectivity index (χ1v) is 6.08. The number of rotatable bonds is 5. The molecule has 1 unspecified atom stereocenters. The second-order valence-corrected chi connectivity index (χ2v) is 4.64. The quantitative estimate of drug-likeness (QED) is 0.379. The molecule has 100 valence electrons. The molecule has 5 heteroatoms. The third-order valence-corrected chi connectivity index (χ3v) is 3.03. The summed E-state index contributed by atoms with van der Waals surface area (Å²) in [6, 6.07) is 6.19. The van der Waals surface area contributed by atoms with E-state index in [4.69, 9.17) is 9.84 Å². The van der Waals surface area contributed by atoms with Gasteiger partial charge in [-0.25, -0.2) is 0 Å². The minimum atomic E-state index is -1.23. The number of benzene rings is 1. The third kappa shape index (κ3) is 3.19. The van der Waals surface area contributed by atoms with Gasteiger partial charge in [-0.2, -0.15) is 0 Å². The van der Waals surface area contributed by atoms with Crippen molar-refractivity contribution in [2.45, 2.75) is 19.8 Å². The molecular weight excluding hydrogens is 248 g/mol. The Morgan fingerprint density at radius 1 is 1.21 bits per heavy atom. The predicted octanol–water partition coefficient (Wildman–Crippen LogP) is 1.91. The first kappa shape index (κ1) is 13.3. The summed E-state index contributed by atoms with van der Waals surface area (Å²) >= 11 is 0. The van der Waals surface area contributed by atoms with Gasteiger partial charge in [0, 0.05) is 11.5 Å². The Labute approximate surface area is 110 Å². The van der Waals surface area contributed by atoms with Crippen molar-refractivity contribution >= 4 is 17.7 Å². The van der Waals surface area contributed by atoms with Gasteiger partial charge in [0.2, 0.25) is 0 Å². The Balaban J connectivity index is 2.00. The van der Waals surface area contributed by atoms with E-state index in [1.807, 2.05) is 0 Å². The van der Waals surface area contributed by atoms with E-state index >= 15 is 0 Å². The minimum absolute atomic E-state index is 0.108. The highest BCUT2D eigenvalue weighted by Gasteiger charge is 2.30. The fourth-order valence-electron chi connectivity index (χ4n) is 1.57. The van der Waals surface area contributed by atoms with E-state index < -0.39 is 17.9 Å². The Morgan fingerprint density at radius 3 is 2.26 bits per heavy atom. The highest BCUT2D eigenvalue weighted by Crippen LogP contribution is 2.32. The number of carboxylic acid groups (broad SMARTS) is 1. The number of carbonyl (C=O) groups excluding carboxylic acids is 2. The van der Waals surface area contributed by atoms with Crippen LogP contribution in [0.1, 0.15) is 30.1 Å². The SMILES string of the molecule is CC(C(=O)O)C(=O)Oc1ccc(C(=O)C2CC2)cc1. The lowest BCUT2D eigenvalue weighted by Gasteiger charge is -2.07. The van der Waals surface area contributed by atoms with Crippen LogP contribution in [-0.2, 0) is 9.59 Å². The van der Waals surface area contributed by atoms with E-state index in [1.165, 1.54) is 19.1 Å².